The molecule has 1 aliphatic rings. The number of likely N-dealkylation sites (N-methyl/N-ethyl adjacent to an activating group) is 1. The van der Waals surface area contributed by atoms with Crippen LogP contribution < -0.4 is 10.6 Å². The largest absolute Gasteiger partial charge is 0.373 e. The van der Waals surface area contributed by atoms with E-state index >= 15 is 0 Å². The van der Waals surface area contributed by atoms with Crippen LogP contribution in [0.4, 0.5) is 11.6 Å². The second-order valence-electron chi connectivity index (χ2n) is 5.13. The van der Waals surface area contributed by atoms with E-state index in [4.69, 9.17) is 0 Å². The summed E-state index contributed by atoms with van der Waals surface area (Å²) in [5, 5.41) is 6.34. The molecule has 0 aromatic carbocycles. The third-order valence-corrected chi connectivity index (χ3v) is 3.44. The second kappa shape index (κ2) is 5.42. The fourth-order valence-electron chi connectivity index (χ4n) is 2.38. The fourth-order valence-corrected chi connectivity index (χ4v) is 2.38. The van der Waals surface area contributed by atoms with Gasteiger partial charge in [-0.05, 0) is 12.3 Å². The van der Waals surface area contributed by atoms with Crippen LogP contribution in [0.2, 0.25) is 0 Å². The van der Waals surface area contributed by atoms with Gasteiger partial charge in [0.2, 0.25) is 5.91 Å². The first kappa shape index (κ1) is 13.6. The van der Waals surface area contributed by atoms with E-state index in [0.717, 1.165) is 30.2 Å². The predicted octanol–water partition coefficient (Wildman–Crippen LogP) is 1.28. The zero-order valence-electron chi connectivity index (χ0n) is 11.9. The van der Waals surface area contributed by atoms with Crippen LogP contribution in [-0.2, 0) is 4.79 Å². The van der Waals surface area contributed by atoms with Crippen LogP contribution >= 0.6 is 0 Å². The van der Waals surface area contributed by atoms with Crippen molar-refractivity contribution in [2.45, 2.75) is 32.2 Å². The van der Waals surface area contributed by atoms with Gasteiger partial charge in [0, 0.05) is 26.2 Å². The summed E-state index contributed by atoms with van der Waals surface area (Å²) in [5.41, 5.74) is 1.02. The molecule has 1 amide bonds. The zero-order chi connectivity index (χ0) is 14.0. The monoisotopic (exact) mass is 263 g/mol. The quantitative estimate of drug-likeness (QED) is 0.856. The normalized spacial score (nSPS) is 19.1. The van der Waals surface area contributed by atoms with E-state index in [1.165, 1.54) is 6.33 Å². The van der Waals surface area contributed by atoms with Gasteiger partial charge in [0.1, 0.15) is 24.0 Å². The molecule has 6 nitrogen and oxygen atoms in total. The van der Waals surface area contributed by atoms with Gasteiger partial charge in [0.05, 0.1) is 0 Å². The Morgan fingerprint density at radius 1 is 1.37 bits per heavy atom. The smallest absolute Gasteiger partial charge is 0.244 e. The van der Waals surface area contributed by atoms with Crippen LogP contribution in [0.3, 0.4) is 0 Å². The van der Waals surface area contributed by atoms with E-state index in [-0.39, 0.29) is 17.9 Å². The number of aromatic nitrogens is 2. The summed E-state index contributed by atoms with van der Waals surface area (Å²) >= 11 is 0. The van der Waals surface area contributed by atoms with Gasteiger partial charge in [-0.1, -0.05) is 13.8 Å². The van der Waals surface area contributed by atoms with Crippen molar-refractivity contribution < 1.29 is 4.79 Å². The van der Waals surface area contributed by atoms with Gasteiger partial charge in [-0.2, -0.15) is 0 Å². The highest BCUT2D eigenvalue weighted by Gasteiger charge is 2.30. The molecule has 1 saturated heterocycles. The standard InChI is InChI=1S/C13H21N5O/c1-8(2)10-11(14-3)15-7-16-12(10)17-9-5-6-18(4)13(9)19/h7-9H,5-6H2,1-4H3,(H2,14,15,16,17). The molecule has 1 aromatic rings. The first-order valence-electron chi connectivity index (χ1n) is 6.58. The summed E-state index contributed by atoms with van der Waals surface area (Å²) in [7, 11) is 3.67. The van der Waals surface area contributed by atoms with Crippen LogP contribution in [0.25, 0.3) is 0 Å². The molecule has 0 aliphatic carbocycles. The molecular formula is C13H21N5O. The Hall–Kier alpha value is -1.85. The first-order chi connectivity index (χ1) is 9.04. The summed E-state index contributed by atoms with van der Waals surface area (Å²) in [5.74, 6) is 1.97. The Morgan fingerprint density at radius 2 is 2.05 bits per heavy atom. The van der Waals surface area contributed by atoms with E-state index in [1.807, 2.05) is 14.1 Å². The maximum atomic E-state index is 11.9. The van der Waals surface area contributed by atoms with Crippen molar-refractivity contribution in [3.8, 4) is 0 Å². The molecule has 2 rings (SSSR count). The maximum Gasteiger partial charge on any atom is 0.244 e. The molecule has 1 aliphatic heterocycles. The number of nitrogens with zero attached hydrogens (tertiary/aromatic N) is 3. The van der Waals surface area contributed by atoms with Gasteiger partial charge in [0.25, 0.3) is 0 Å². The Balaban J connectivity index is 2.27. The Morgan fingerprint density at radius 3 is 2.58 bits per heavy atom. The molecule has 6 heteroatoms. The van der Waals surface area contributed by atoms with Crippen molar-refractivity contribution in [2.24, 2.45) is 0 Å². The summed E-state index contributed by atoms with van der Waals surface area (Å²) in [6.45, 7) is 4.97. The highest BCUT2D eigenvalue weighted by atomic mass is 16.2. The van der Waals surface area contributed by atoms with Crippen LogP contribution in [0.15, 0.2) is 6.33 Å². The molecule has 0 radical (unpaired) electrons. The molecule has 1 aromatic heterocycles. The molecule has 2 heterocycles. The van der Waals surface area contributed by atoms with E-state index < -0.39 is 0 Å². The molecule has 0 saturated carbocycles. The second-order valence-corrected chi connectivity index (χ2v) is 5.13. The van der Waals surface area contributed by atoms with E-state index in [9.17, 15) is 4.79 Å². The van der Waals surface area contributed by atoms with Gasteiger partial charge in [-0.3, -0.25) is 4.79 Å². The molecule has 104 valence electrons. The maximum absolute atomic E-state index is 11.9. The van der Waals surface area contributed by atoms with Crippen molar-refractivity contribution in [3.63, 3.8) is 0 Å². The highest BCUT2D eigenvalue weighted by Crippen LogP contribution is 2.29. The van der Waals surface area contributed by atoms with Gasteiger partial charge in [-0.15, -0.1) is 0 Å². The molecule has 0 bridgehead atoms. The van der Waals surface area contributed by atoms with Gasteiger partial charge >= 0.3 is 0 Å². The Bertz CT molecular complexity index is 474. The number of anilines is 2. The van der Waals surface area contributed by atoms with Crippen molar-refractivity contribution in [2.75, 3.05) is 31.3 Å². The lowest BCUT2D eigenvalue weighted by atomic mass is 10.0. The molecule has 1 unspecified atom stereocenters. The SMILES string of the molecule is CNc1ncnc(NC2CCN(C)C2=O)c1C(C)C. The molecular weight excluding hydrogens is 242 g/mol. The lowest BCUT2D eigenvalue weighted by molar-refractivity contribution is -0.127. The number of carbonyl (C=O) groups excluding carboxylic acids is 1. The molecule has 2 N–H and O–H groups in total. The van der Waals surface area contributed by atoms with Gasteiger partial charge in [-0.25, -0.2) is 9.97 Å². The summed E-state index contributed by atoms with van der Waals surface area (Å²) < 4.78 is 0. The van der Waals surface area contributed by atoms with E-state index in [1.54, 1.807) is 4.90 Å². The average Bonchev–Trinajstić information content (AvgIpc) is 2.70. The van der Waals surface area contributed by atoms with Crippen molar-refractivity contribution >= 4 is 17.5 Å². The number of carbonyl (C=O) groups is 1. The lowest BCUT2D eigenvalue weighted by Gasteiger charge is -2.19. The van der Waals surface area contributed by atoms with E-state index in [2.05, 4.69) is 34.4 Å². The minimum atomic E-state index is -0.179. The van der Waals surface area contributed by atoms with Crippen molar-refractivity contribution in [1.82, 2.24) is 14.9 Å². The summed E-state index contributed by atoms with van der Waals surface area (Å²) in [6.07, 6.45) is 2.33. The third kappa shape index (κ3) is 2.62. The van der Waals surface area contributed by atoms with Crippen LogP contribution in [0.1, 0.15) is 31.7 Å². The zero-order valence-corrected chi connectivity index (χ0v) is 11.9. The van der Waals surface area contributed by atoms with Crippen molar-refractivity contribution in [3.05, 3.63) is 11.9 Å². The molecule has 1 atom stereocenters. The predicted molar refractivity (Wildman–Crippen MR) is 75.3 cm³/mol. The Kier molecular flexibility index (Phi) is 3.87. The molecule has 19 heavy (non-hydrogen) atoms. The van der Waals surface area contributed by atoms with Gasteiger partial charge in [0.15, 0.2) is 0 Å². The fraction of sp³-hybridized carbons (Fsp3) is 0.615. The Labute approximate surface area is 113 Å². The first-order valence-corrected chi connectivity index (χ1v) is 6.58. The summed E-state index contributed by atoms with van der Waals surface area (Å²) in [6, 6.07) is -0.179. The van der Waals surface area contributed by atoms with Crippen LogP contribution in [-0.4, -0.2) is 47.5 Å². The van der Waals surface area contributed by atoms with Gasteiger partial charge < -0.3 is 15.5 Å². The molecule has 0 spiro atoms. The lowest BCUT2D eigenvalue weighted by Crippen LogP contribution is -2.31. The minimum absolute atomic E-state index is 0.124. The topological polar surface area (TPSA) is 70.2 Å². The van der Waals surface area contributed by atoms with Crippen LogP contribution in [0.5, 0.6) is 0 Å². The molecule has 1 fully saturated rings. The summed E-state index contributed by atoms with van der Waals surface area (Å²) in [4.78, 5) is 22.2. The number of likely N-dealkylation sites (tertiary alicyclic amines) is 1. The minimum Gasteiger partial charge on any atom is -0.373 e. The number of rotatable bonds is 4. The number of nitrogens with one attached hydrogen (secondary N) is 2. The number of amides is 1. The third-order valence-electron chi connectivity index (χ3n) is 3.44. The highest BCUT2D eigenvalue weighted by molar-refractivity contribution is 5.86. The number of hydrogen-bond acceptors (Lipinski definition) is 5. The van der Waals surface area contributed by atoms with E-state index in [0.29, 0.717) is 0 Å². The average molecular weight is 263 g/mol. The van der Waals surface area contributed by atoms with Crippen LogP contribution in [0, 0.1) is 0 Å². The van der Waals surface area contributed by atoms with Crippen molar-refractivity contribution in [1.29, 1.82) is 0 Å². The number of hydrogen-bond donors (Lipinski definition) is 2.